The fourth-order valence-electron chi connectivity index (χ4n) is 2.38. The quantitative estimate of drug-likeness (QED) is 0.794. The van der Waals surface area contributed by atoms with Crippen LogP contribution in [0.3, 0.4) is 0 Å². The third-order valence-corrected chi connectivity index (χ3v) is 3.46. The van der Waals surface area contributed by atoms with Crippen LogP contribution in [0.4, 0.5) is 5.69 Å². The normalized spacial score (nSPS) is 17.7. The number of para-hydroxylation sites is 1. The Morgan fingerprint density at radius 2 is 1.88 bits per heavy atom. The zero-order valence-electron chi connectivity index (χ0n) is 11.0. The maximum Gasteiger partial charge on any atom is 0.0713 e. The molecule has 1 aliphatic heterocycles. The van der Waals surface area contributed by atoms with Crippen LogP contribution < -0.4 is 4.90 Å². The molecule has 1 aromatic rings. The van der Waals surface area contributed by atoms with Gasteiger partial charge in [-0.15, -0.1) is 0 Å². The Hall–Kier alpha value is -1.06. The van der Waals surface area contributed by atoms with Crippen molar-refractivity contribution in [2.45, 2.75) is 19.4 Å². The summed E-state index contributed by atoms with van der Waals surface area (Å²) in [5, 5.41) is 0. The van der Waals surface area contributed by atoms with Gasteiger partial charge in [0, 0.05) is 31.4 Å². The SMILES string of the molecule is COCC(C)(C)N1CCN(c2ccccc2)C1. The second-order valence-electron chi connectivity index (χ2n) is 5.25. The van der Waals surface area contributed by atoms with Crippen LogP contribution in [0.1, 0.15) is 13.8 Å². The van der Waals surface area contributed by atoms with E-state index in [1.54, 1.807) is 7.11 Å². The predicted molar refractivity (Wildman–Crippen MR) is 71.3 cm³/mol. The number of hydrogen-bond acceptors (Lipinski definition) is 3. The van der Waals surface area contributed by atoms with Crippen LogP contribution in [0.15, 0.2) is 30.3 Å². The van der Waals surface area contributed by atoms with Crippen LogP contribution >= 0.6 is 0 Å². The van der Waals surface area contributed by atoms with Crippen molar-refractivity contribution in [3.63, 3.8) is 0 Å². The van der Waals surface area contributed by atoms with Crippen molar-refractivity contribution in [1.29, 1.82) is 0 Å². The highest BCUT2D eigenvalue weighted by Gasteiger charge is 2.32. The number of hydrogen-bond donors (Lipinski definition) is 0. The van der Waals surface area contributed by atoms with Gasteiger partial charge in [-0.2, -0.15) is 0 Å². The second-order valence-corrected chi connectivity index (χ2v) is 5.25. The Balaban J connectivity index is 2.00. The molecule has 1 aliphatic rings. The van der Waals surface area contributed by atoms with Crippen LogP contribution in [-0.2, 0) is 4.74 Å². The molecule has 1 fully saturated rings. The lowest BCUT2D eigenvalue weighted by Gasteiger charge is -2.34. The number of benzene rings is 1. The van der Waals surface area contributed by atoms with E-state index in [2.05, 4.69) is 54.0 Å². The molecule has 0 atom stereocenters. The lowest BCUT2D eigenvalue weighted by Crippen LogP contribution is -2.46. The molecule has 0 bridgehead atoms. The minimum absolute atomic E-state index is 0.109. The fourth-order valence-corrected chi connectivity index (χ4v) is 2.38. The lowest BCUT2D eigenvalue weighted by atomic mass is 10.1. The first-order chi connectivity index (χ1) is 8.13. The first-order valence-corrected chi connectivity index (χ1v) is 6.17. The van der Waals surface area contributed by atoms with Gasteiger partial charge in [0.2, 0.25) is 0 Å². The van der Waals surface area contributed by atoms with Crippen molar-refractivity contribution in [3.8, 4) is 0 Å². The summed E-state index contributed by atoms with van der Waals surface area (Å²) in [6.07, 6.45) is 0. The standard InChI is InChI=1S/C14H22N2O/c1-14(2,11-17-3)16-10-9-15(12-16)13-7-5-4-6-8-13/h4-8H,9-12H2,1-3H3. The van der Waals surface area contributed by atoms with Gasteiger partial charge in [0.05, 0.1) is 13.3 Å². The van der Waals surface area contributed by atoms with E-state index in [0.717, 1.165) is 26.4 Å². The van der Waals surface area contributed by atoms with Gasteiger partial charge >= 0.3 is 0 Å². The molecule has 3 heteroatoms. The van der Waals surface area contributed by atoms with Crippen molar-refractivity contribution in [1.82, 2.24) is 4.90 Å². The zero-order valence-corrected chi connectivity index (χ0v) is 11.0. The molecule has 1 aromatic carbocycles. The van der Waals surface area contributed by atoms with Crippen LogP contribution in [0, 0.1) is 0 Å². The second kappa shape index (κ2) is 5.07. The minimum atomic E-state index is 0.109. The maximum absolute atomic E-state index is 5.30. The molecule has 3 nitrogen and oxygen atoms in total. The number of ether oxygens (including phenoxy) is 1. The van der Waals surface area contributed by atoms with E-state index in [9.17, 15) is 0 Å². The molecule has 0 unspecified atom stereocenters. The van der Waals surface area contributed by atoms with Crippen LogP contribution in [0.25, 0.3) is 0 Å². The molecule has 1 heterocycles. The van der Waals surface area contributed by atoms with Gasteiger partial charge in [0.15, 0.2) is 0 Å². The minimum Gasteiger partial charge on any atom is -0.383 e. The summed E-state index contributed by atoms with van der Waals surface area (Å²) < 4.78 is 5.30. The summed E-state index contributed by atoms with van der Waals surface area (Å²) in [6, 6.07) is 10.6. The summed E-state index contributed by atoms with van der Waals surface area (Å²) >= 11 is 0. The molecule has 94 valence electrons. The first-order valence-electron chi connectivity index (χ1n) is 6.17. The molecule has 0 spiro atoms. The Bertz CT molecular complexity index is 350. The molecule has 17 heavy (non-hydrogen) atoms. The van der Waals surface area contributed by atoms with Crippen molar-refractivity contribution in [2.24, 2.45) is 0 Å². The van der Waals surface area contributed by atoms with Crippen LogP contribution in [0.2, 0.25) is 0 Å². The number of rotatable bonds is 4. The molecule has 0 amide bonds. The number of methoxy groups -OCH3 is 1. The van der Waals surface area contributed by atoms with Gasteiger partial charge in [-0.25, -0.2) is 0 Å². The maximum atomic E-state index is 5.30. The van der Waals surface area contributed by atoms with E-state index in [4.69, 9.17) is 4.74 Å². The molecular formula is C14H22N2O. The Morgan fingerprint density at radius 3 is 2.53 bits per heavy atom. The summed E-state index contributed by atoms with van der Waals surface area (Å²) in [7, 11) is 1.77. The van der Waals surface area contributed by atoms with Gasteiger partial charge < -0.3 is 9.64 Å². The van der Waals surface area contributed by atoms with E-state index in [0.29, 0.717) is 0 Å². The van der Waals surface area contributed by atoms with Crippen LogP contribution in [0.5, 0.6) is 0 Å². The van der Waals surface area contributed by atoms with Crippen molar-refractivity contribution in [3.05, 3.63) is 30.3 Å². The van der Waals surface area contributed by atoms with E-state index in [-0.39, 0.29) is 5.54 Å². The lowest BCUT2D eigenvalue weighted by molar-refractivity contribution is 0.0500. The van der Waals surface area contributed by atoms with Crippen molar-refractivity contribution in [2.75, 3.05) is 38.4 Å². The molecule has 1 saturated heterocycles. The van der Waals surface area contributed by atoms with Gasteiger partial charge in [-0.3, -0.25) is 4.90 Å². The number of nitrogens with zero attached hydrogens (tertiary/aromatic N) is 2. The highest BCUT2D eigenvalue weighted by molar-refractivity contribution is 5.46. The average Bonchev–Trinajstić information content (AvgIpc) is 2.80. The zero-order chi connectivity index (χ0) is 12.3. The third-order valence-electron chi connectivity index (χ3n) is 3.46. The van der Waals surface area contributed by atoms with Crippen molar-refractivity contribution >= 4 is 5.69 Å². The highest BCUT2D eigenvalue weighted by atomic mass is 16.5. The summed E-state index contributed by atoms with van der Waals surface area (Å²) in [6.45, 7) is 8.44. The van der Waals surface area contributed by atoms with Gasteiger partial charge in [0.25, 0.3) is 0 Å². The molecule has 0 saturated carbocycles. The molecular weight excluding hydrogens is 212 g/mol. The topological polar surface area (TPSA) is 15.7 Å². The van der Waals surface area contributed by atoms with Crippen LogP contribution in [-0.4, -0.2) is 43.9 Å². The predicted octanol–water partition coefficient (Wildman–Crippen LogP) is 2.19. The monoisotopic (exact) mass is 234 g/mol. The van der Waals surface area contributed by atoms with Gasteiger partial charge in [-0.05, 0) is 26.0 Å². The molecule has 2 rings (SSSR count). The summed E-state index contributed by atoms with van der Waals surface area (Å²) in [4.78, 5) is 4.89. The Kier molecular flexibility index (Phi) is 3.69. The average molecular weight is 234 g/mol. The molecule has 0 N–H and O–H groups in total. The number of anilines is 1. The summed E-state index contributed by atoms with van der Waals surface area (Å²) in [5.41, 5.74) is 1.42. The smallest absolute Gasteiger partial charge is 0.0713 e. The van der Waals surface area contributed by atoms with Gasteiger partial charge in [0.1, 0.15) is 0 Å². The Labute approximate surface area is 104 Å². The molecule has 0 aliphatic carbocycles. The van der Waals surface area contributed by atoms with Crippen molar-refractivity contribution < 1.29 is 4.74 Å². The van der Waals surface area contributed by atoms with E-state index >= 15 is 0 Å². The van der Waals surface area contributed by atoms with E-state index in [1.165, 1.54) is 5.69 Å². The van der Waals surface area contributed by atoms with Gasteiger partial charge in [-0.1, -0.05) is 18.2 Å². The fraction of sp³-hybridized carbons (Fsp3) is 0.571. The largest absolute Gasteiger partial charge is 0.383 e. The molecule has 0 aromatic heterocycles. The van der Waals surface area contributed by atoms with E-state index < -0.39 is 0 Å². The highest BCUT2D eigenvalue weighted by Crippen LogP contribution is 2.23. The first kappa shape index (κ1) is 12.4. The van der Waals surface area contributed by atoms with E-state index in [1.807, 2.05) is 0 Å². The summed E-state index contributed by atoms with van der Waals surface area (Å²) in [5.74, 6) is 0. The molecule has 0 radical (unpaired) electrons. The Morgan fingerprint density at radius 1 is 1.18 bits per heavy atom. The third kappa shape index (κ3) is 2.79.